The van der Waals surface area contributed by atoms with E-state index in [9.17, 15) is 4.79 Å². The molecule has 0 unspecified atom stereocenters. The maximum atomic E-state index is 11.9. The van der Waals surface area contributed by atoms with Crippen LogP contribution >= 0.6 is 11.3 Å². The predicted octanol–water partition coefficient (Wildman–Crippen LogP) is 1.85. The molecule has 0 saturated carbocycles. The minimum atomic E-state index is -0.164. The molecule has 0 amide bonds. The summed E-state index contributed by atoms with van der Waals surface area (Å²) in [5.41, 5.74) is 1.81. The molecular weight excluding hydrogens is 324 g/mol. The second kappa shape index (κ2) is 6.66. The van der Waals surface area contributed by atoms with Gasteiger partial charge in [0.2, 0.25) is 0 Å². The van der Waals surface area contributed by atoms with Gasteiger partial charge in [0.25, 0.3) is 5.56 Å². The van der Waals surface area contributed by atoms with E-state index in [2.05, 4.69) is 30.6 Å². The zero-order chi connectivity index (χ0) is 16.4. The van der Waals surface area contributed by atoms with Gasteiger partial charge < -0.3 is 15.6 Å². The molecule has 3 aromatic heterocycles. The first-order valence-electron chi connectivity index (χ1n) is 8.04. The third-order valence-corrected chi connectivity index (χ3v) is 5.11. The van der Waals surface area contributed by atoms with Crippen molar-refractivity contribution in [1.29, 1.82) is 0 Å². The van der Waals surface area contributed by atoms with Gasteiger partial charge >= 0.3 is 0 Å². The van der Waals surface area contributed by atoms with Crippen molar-refractivity contribution in [3.8, 4) is 11.4 Å². The molecule has 0 bridgehead atoms. The molecule has 0 aliphatic carbocycles. The second-order valence-electron chi connectivity index (χ2n) is 5.90. The van der Waals surface area contributed by atoms with E-state index in [0.717, 1.165) is 30.5 Å². The fourth-order valence-electron chi connectivity index (χ4n) is 2.97. The summed E-state index contributed by atoms with van der Waals surface area (Å²) in [4.78, 5) is 27.7. The SMILES string of the molecule is O=c1[nH]cnc2c(-c3csc(NCC4CCNCC4)n3)nccc12. The number of aromatic nitrogens is 4. The van der Waals surface area contributed by atoms with Crippen LogP contribution in [0.2, 0.25) is 0 Å². The summed E-state index contributed by atoms with van der Waals surface area (Å²) in [5, 5.41) is 10.2. The molecule has 0 spiro atoms. The van der Waals surface area contributed by atoms with E-state index in [1.807, 2.05) is 5.38 Å². The summed E-state index contributed by atoms with van der Waals surface area (Å²) >= 11 is 1.55. The van der Waals surface area contributed by atoms with Gasteiger partial charge in [-0.3, -0.25) is 9.78 Å². The topological polar surface area (TPSA) is 95.6 Å². The van der Waals surface area contributed by atoms with E-state index in [4.69, 9.17) is 0 Å². The number of hydrogen-bond donors (Lipinski definition) is 3. The summed E-state index contributed by atoms with van der Waals surface area (Å²) in [5.74, 6) is 0.689. The number of thiazole rings is 1. The zero-order valence-corrected chi connectivity index (χ0v) is 13.9. The third-order valence-electron chi connectivity index (χ3n) is 4.31. The number of pyridine rings is 1. The highest BCUT2D eigenvalue weighted by Gasteiger charge is 2.15. The van der Waals surface area contributed by atoms with Crippen LogP contribution in [0.5, 0.6) is 0 Å². The van der Waals surface area contributed by atoms with Crippen molar-refractivity contribution in [3.63, 3.8) is 0 Å². The van der Waals surface area contributed by atoms with Crippen LogP contribution in [-0.4, -0.2) is 39.6 Å². The predicted molar refractivity (Wildman–Crippen MR) is 95.4 cm³/mol. The van der Waals surface area contributed by atoms with Crippen molar-refractivity contribution in [1.82, 2.24) is 25.3 Å². The fraction of sp³-hybridized carbons (Fsp3) is 0.375. The highest BCUT2D eigenvalue weighted by molar-refractivity contribution is 7.14. The first-order valence-corrected chi connectivity index (χ1v) is 8.92. The molecule has 8 heteroatoms. The van der Waals surface area contributed by atoms with E-state index >= 15 is 0 Å². The Balaban J connectivity index is 1.56. The number of nitrogens with one attached hydrogen (secondary N) is 3. The van der Waals surface area contributed by atoms with Crippen molar-refractivity contribution in [2.45, 2.75) is 12.8 Å². The molecule has 3 N–H and O–H groups in total. The molecule has 1 aliphatic heterocycles. The Bertz CT molecular complexity index is 899. The molecule has 1 aliphatic rings. The fourth-order valence-corrected chi connectivity index (χ4v) is 3.68. The van der Waals surface area contributed by atoms with Crippen molar-refractivity contribution in [2.24, 2.45) is 5.92 Å². The Kier molecular flexibility index (Phi) is 4.22. The van der Waals surface area contributed by atoms with Gasteiger partial charge in [-0.25, -0.2) is 9.97 Å². The molecule has 4 heterocycles. The first-order chi connectivity index (χ1) is 11.8. The number of rotatable bonds is 4. The molecule has 7 nitrogen and oxygen atoms in total. The summed E-state index contributed by atoms with van der Waals surface area (Å²) in [7, 11) is 0. The van der Waals surface area contributed by atoms with E-state index in [1.165, 1.54) is 19.2 Å². The summed E-state index contributed by atoms with van der Waals surface area (Å²) < 4.78 is 0. The van der Waals surface area contributed by atoms with Crippen LogP contribution in [0.15, 0.2) is 28.8 Å². The number of anilines is 1. The highest BCUT2D eigenvalue weighted by Crippen LogP contribution is 2.27. The lowest BCUT2D eigenvalue weighted by atomic mass is 9.98. The minimum absolute atomic E-state index is 0.164. The van der Waals surface area contributed by atoms with E-state index in [0.29, 0.717) is 22.5 Å². The number of piperidine rings is 1. The van der Waals surface area contributed by atoms with E-state index < -0.39 is 0 Å². The molecule has 0 aromatic carbocycles. The molecule has 0 radical (unpaired) electrons. The van der Waals surface area contributed by atoms with Crippen molar-refractivity contribution >= 4 is 27.4 Å². The van der Waals surface area contributed by atoms with Crippen molar-refractivity contribution in [2.75, 3.05) is 25.0 Å². The van der Waals surface area contributed by atoms with Crippen LogP contribution in [0.3, 0.4) is 0 Å². The average molecular weight is 342 g/mol. The van der Waals surface area contributed by atoms with Gasteiger partial charge in [-0.2, -0.15) is 0 Å². The molecule has 24 heavy (non-hydrogen) atoms. The lowest BCUT2D eigenvalue weighted by molar-refractivity contribution is 0.390. The number of H-pyrrole nitrogens is 1. The molecular formula is C16H18N6OS. The van der Waals surface area contributed by atoms with Gasteiger partial charge in [0.15, 0.2) is 5.13 Å². The van der Waals surface area contributed by atoms with Gasteiger partial charge in [0.1, 0.15) is 16.9 Å². The molecule has 0 atom stereocenters. The minimum Gasteiger partial charge on any atom is -0.361 e. The third kappa shape index (κ3) is 3.02. The Morgan fingerprint density at radius 2 is 2.17 bits per heavy atom. The van der Waals surface area contributed by atoms with Crippen LogP contribution in [-0.2, 0) is 0 Å². The van der Waals surface area contributed by atoms with Crippen LogP contribution in [0, 0.1) is 5.92 Å². The number of fused-ring (bicyclic) bond motifs is 1. The monoisotopic (exact) mass is 342 g/mol. The average Bonchev–Trinajstić information content (AvgIpc) is 3.10. The van der Waals surface area contributed by atoms with E-state index in [1.54, 1.807) is 23.6 Å². The second-order valence-corrected chi connectivity index (χ2v) is 6.76. The Morgan fingerprint density at radius 3 is 3.04 bits per heavy atom. The van der Waals surface area contributed by atoms with Gasteiger partial charge in [-0.15, -0.1) is 11.3 Å². The standard InChI is InChI=1S/C16H18N6OS/c23-15-11-3-6-18-14(13(11)20-9-21-15)12-8-24-16(22-12)19-7-10-1-4-17-5-2-10/h3,6,8-10,17H,1-2,4-5,7H2,(H,19,22)(H,20,21,23). The van der Waals surface area contributed by atoms with Crippen molar-refractivity contribution in [3.05, 3.63) is 34.3 Å². The van der Waals surface area contributed by atoms with Gasteiger partial charge in [0, 0.05) is 18.1 Å². The lowest BCUT2D eigenvalue weighted by Crippen LogP contribution is -2.31. The maximum absolute atomic E-state index is 11.9. The highest BCUT2D eigenvalue weighted by atomic mass is 32.1. The summed E-state index contributed by atoms with van der Waals surface area (Å²) in [6.45, 7) is 3.13. The van der Waals surface area contributed by atoms with E-state index in [-0.39, 0.29) is 5.56 Å². The summed E-state index contributed by atoms with van der Waals surface area (Å²) in [6.07, 6.45) is 5.42. The molecule has 4 rings (SSSR count). The van der Waals surface area contributed by atoms with Gasteiger partial charge in [-0.05, 0) is 37.9 Å². The summed E-state index contributed by atoms with van der Waals surface area (Å²) in [6, 6.07) is 1.67. The van der Waals surface area contributed by atoms with Crippen molar-refractivity contribution < 1.29 is 0 Å². The molecule has 1 saturated heterocycles. The lowest BCUT2D eigenvalue weighted by Gasteiger charge is -2.22. The number of hydrogen-bond acceptors (Lipinski definition) is 7. The normalized spacial score (nSPS) is 15.7. The number of nitrogens with zero attached hydrogens (tertiary/aromatic N) is 3. The largest absolute Gasteiger partial charge is 0.361 e. The molecule has 1 fully saturated rings. The van der Waals surface area contributed by atoms with Gasteiger partial charge in [0.05, 0.1) is 11.7 Å². The van der Waals surface area contributed by atoms with Crippen LogP contribution in [0.1, 0.15) is 12.8 Å². The maximum Gasteiger partial charge on any atom is 0.258 e. The number of aromatic amines is 1. The Hall–Kier alpha value is -2.32. The molecule has 124 valence electrons. The zero-order valence-electron chi connectivity index (χ0n) is 13.1. The Morgan fingerprint density at radius 1 is 1.29 bits per heavy atom. The smallest absolute Gasteiger partial charge is 0.258 e. The molecule has 3 aromatic rings. The van der Waals surface area contributed by atoms with Gasteiger partial charge in [-0.1, -0.05) is 0 Å². The van der Waals surface area contributed by atoms with Crippen LogP contribution in [0.4, 0.5) is 5.13 Å². The quantitative estimate of drug-likeness (QED) is 0.670. The van der Waals surface area contributed by atoms with Crippen LogP contribution < -0.4 is 16.2 Å². The van der Waals surface area contributed by atoms with Crippen LogP contribution in [0.25, 0.3) is 22.3 Å². The Labute approximate surface area is 142 Å². The first kappa shape index (κ1) is 15.2.